The Bertz CT molecular complexity index is 1110. The van der Waals surface area contributed by atoms with Gasteiger partial charge in [-0.2, -0.15) is 0 Å². The summed E-state index contributed by atoms with van der Waals surface area (Å²) >= 11 is 0. The van der Waals surface area contributed by atoms with E-state index in [0.29, 0.717) is 11.5 Å². The Balaban J connectivity index is 0.000000142. The first-order chi connectivity index (χ1) is 20.1. The number of phenolic OH excluding ortho intramolecular Hbond substituents is 1. The van der Waals surface area contributed by atoms with Crippen LogP contribution in [0.3, 0.4) is 0 Å². The van der Waals surface area contributed by atoms with Gasteiger partial charge in [0.15, 0.2) is 0 Å². The molecule has 0 heterocycles. The van der Waals surface area contributed by atoms with E-state index < -0.39 is 0 Å². The summed E-state index contributed by atoms with van der Waals surface area (Å²) in [7, 11) is 0. The SMILES string of the molecule is CC1CCC(c2ccccc2)CC1.O=C(Oc1ccccc1)C1CCCCC1.Oc1ccc(C2CCCCC2)cc1. The van der Waals surface area contributed by atoms with E-state index in [-0.39, 0.29) is 11.9 Å². The van der Waals surface area contributed by atoms with Gasteiger partial charge in [0.05, 0.1) is 5.92 Å². The molecule has 3 saturated carbocycles. The summed E-state index contributed by atoms with van der Waals surface area (Å²) in [6.45, 7) is 2.38. The van der Waals surface area contributed by atoms with Gasteiger partial charge in [0.1, 0.15) is 11.5 Å². The largest absolute Gasteiger partial charge is 0.508 e. The second kappa shape index (κ2) is 17.0. The van der Waals surface area contributed by atoms with E-state index in [1.165, 1.54) is 69.8 Å². The zero-order chi connectivity index (χ0) is 28.7. The van der Waals surface area contributed by atoms with Gasteiger partial charge < -0.3 is 9.84 Å². The van der Waals surface area contributed by atoms with Crippen molar-refractivity contribution < 1.29 is 14.6 Å². The average Bonchev–Trinajstić information content (AvgIpc) is 3.04. The zero-order valence-corrected chi connectivity index (χ0v) is 25.1. The minimum atomic E-state index is -0.0547. The van der Waals surface area contributed by atoms with Gasteiger partial charge in [0.25, 0.3) is 0 Å². The van der Waals surface area contributed by atoms with Crippen molar-refractivity contribution in [1.82, 2.24) is 0 Å². The maximum absolute atomic E-state index is 11.7. The Hall–Kier alpha value is -3.07. The number of phenols is 1. The van der Waals surface area contributed by atoms with Gasteiger partial charge in [-0.1, -0.05) is 119 Å². The summed E-state index contributed by atoms with van der Waals surface area (Å²) in [4.78, 5) is 11.7. The number of rotatable bonds is 4. The maximum Gasteiger partial charge on any atom is 0.314 e. The Labute approximate surface area is 248 Å². The highest BCUT2D eigenvalue weighted by Gasteiger charge is 2.23. The monoisotopic (exact) mass is 554 g/mol. The second-order valence-corrected chi connectivity index (χ2v) is 12.4. The summed E-state index contributed by atoms with van der Waals surface area (Å²) in [5, 5.41) is 9.16. The van der Waals surface area contributed by atoms with Crippen molar-refractivity contribution in [2.75, 3.05) is 0 Å². The summed E-state index contributed by atoms with van der Waals surface area (Å²) in [5.41, 5.74) is 2.95. The number of esters is 1. The molecule has 6 rings (SSSR count). The molecule has 3 fully saturated rings. The topological polar surface area (TPSA) is 46.5 Å². The first-order valence-corrected chi connectivity index (χ1v) is 16.2. The van der Waals surface area contributed by atoms with Crippen LogP contribution in [0.2, 0.25) is 0 Å². The van der Waals surface area contributed by atoms with E-state index >= 15 is 0 Å². The van der Waals surface area contributed by atoms with Gasteiger partial charge >= 0.3 is 5.97 Å². The smallest absolute Gasteiger partial charge is 0.314 e. The molecule has 0 saturated heterocycles. The first-order valence-electron chi connectivity index (χ1n) is 16.2. The third-order valence-electron chi connectivity index (χ3n) is 9.16. The van der Waals surface area contributed by atoms with Gasteiger partial charge in [-0.05, 0) is 91.7 Å². The summed E-state index contributed by atoms with van der Waals surface area (Å²) in [5.74, 6) is 3.65. The fourth-order valence-electron chi connectivity index (χ4n) is 6.53. The van der Waals surface area contributed by atoms with Crippen molar-refractivity contribution >= 4 is 5.97 Å². The van der Waals surface area contributed by atoms with Gasteiger partial charge in [-0.3, -0.25) is 4.79 Å². The van der Waals surface area contributed by atoms with E-state index in [4.69, 9.17) is 9.84 Å². The fraction of sp³-hybridized carbons (Fsp3) is 0.500. The number of hydrogen-bond donors (Lipinski definition) is 1. The molecule has 0 amide bonds. The van der Waals surface area contributed by atoms with Gasteiger partial charge in [0.2, 0.25) is 0 Å². The van der Waals surface area contributed by atoms with Gasteiger partial charge in [0, 0.05) is 0 Å². The van der Waals surface area contributed by atoms with E-state index in [1.54, 1.807) is 17.7 Å². The van der Waals surface area contributed by atoms with E-state index in [2.05, 4.69) is 49.4 Å². The summed E-state index contributed by atoms with van der Waals surface area (Å²) < 4.78 is 5.31. The van der Waals surface area contributed by atoms with Crippen LogP contribution in [0, 0.1) is 11.8 Å². The molecule has 0 bridgehead atoms. The van der Waals surface area contributed by atoms with Crippen LogP contribution < -0.4 is 4.74 Å². The molecule has 0 unspecified atom stereocenters. The van der Waals surface area contributed by atoms with Crippen molar-refractivity contribution in [3.8, 4) is 11.5 Å². The van der Waals surface area contributed by atoms with E-state index in [9.17, 15) is 4.79 Å². The molecule has 3 aliphatic rings. The molecule has 0 aliphatic heterocycles. The molecule has 3 aliphatic carbocycles. The second-order valence-electron chi connectivity index (χ2n) is 12.4. The van der Waals surface area contributed by atoms with E-state index in [1.807, 2.05) is 30.3 Å². The predicted octanol–water partition coefficient (Wildman–Crippen LogP) is 10.6. The van der Waals surface area contributed by atoms with Crippen LogP contribution in [0.1, 0.15) is 120 Å². The zero-order valence-electron chi connectivity index (χ0n) is 25.1. The standard InChI is InChI=1S/C13H16O2.C13H18.C12H16O/c14-13(11-7-3-1-4-8-11)15-12-9-5-2-6-10-12;1-11-7-9-13(10-8-11)12-5-3-2-4-6-12;13-12-8-6-11(7-9-12)10-4-2-1-3-5-10/h2,5-6,9-11H,1,3-4,7-8H2;2-6,11,13H,7-10H2,1H3;6-10,13H,1-5H2. The lowest BCUT2D eigenvalue weighted by Crippen LogP contribution is -2.22. The molecule has 220 valence electrons. The molecule has 3 heteroatoms. The Morgan fingerprint density at radius 3 is 1.66 bits per heavy atom. The lowest BCUT2D eigenvalue weighted by molar-refractivity contribution is -0.139. The first kappa shape index (κ1) is 30.9. The number of carbonyl (C=O) groups excluding carboxylic acids is 1. The van der Waals surface area contributed by atoms with E-state index in [0.717, 1.165) is 43.4 Å². The molecule has 41 heavy (non-hydrogen) atoms. The molecular weight excluding hydrogens is 504 g/mol. The lowest BCUT2D eigenvalue weighted by Gasteiger charge is -2.26. The van der Waals surface area contributed by atoms with Crippen LogP contribution in [-0.2, 0) is 4.79 Å². The third-order valence-corrected chi connectivity index (χ3v) is 9.16. The maximum atomic E-state index is 11.7. The summed E-state index contributed by atoms with van der Waals surface area (Å²) in [6.07, 6.45) is 18.0. The minimum Gasteiger partial charge on any atom is -0.508 e. The highest BCUT2D eigenvalue weighted by Crippen LogP contribution is 2.35. The quantitative estimate of drug-likeness (QED) is 0.258. The van der Waals surface area contributed by atoms with Crippen molar-refractivity contribution in [2.24, 2.45) is 11.8 Å². The van der Waals surface area contributed by atoms with Crippen molar-refractivity contribution in [3.05, 3.63) is 96.1 Å². The van der Waals surface area contributed by atoms with Crippen LogP contribution in [0.5, 0.6) is 11.5 Å². The summed E-state index contributed by atoms with van der Waals surface area (Å²) in [6, 6.07) is 28.0. The van der Waals surface area contributed by atoms with Gasteiger partial charge in [-0.25, -0.2) is 0 Å². The lowest BCUT2D eigenvalue weighted by atomic mass is 9.79. The molecular formula is C38H50O3. The van der Waals surface area contributed by atoms with Gasteiger partial charge in [-0.15, -0.1) is 0 Å². The predicted molar refractivity (Wildman–Crippen MR) is 169 cm³/mol. The van der Waals surface area contributed by atoms with Crippen LogP contribution in [-0.4, -0.2) is 11.1 Å². The van der Waals surface area contributed by atoms with Crippen molar-refractivity contribution in [1.29, 1.82) is 0 Å². The number of carbonyl (C=O) groups is 1. The molecule has 3 aromatic rings. The minimum absolute atomic E-state index is 0.0547. The average molecular weight is 555 g/mol. The highest BCUT2D eigenvalue weighted by atomic mass is 16.5. The number of para-hydroxylation sites is 1. The number of benzene rings is 3. The number of hydrogen-bond acceptors (Lipinski definition) is 3. The molecule has 1 N–H and O–H groups in total. The Kier molecular flexibility index (Phi) is 12.8. The molecule has 0 radical (unpaired) electrons. The molecule has 0 atom stereocenters. The highest BCUT2D eigenvalue weighted by molar-refractivity contribution is 5.75. The van der Waals surface area contributed by atoms with Crippen LogP contribution in [0.15, 0.2) is 84.9 Å². The molecule has 0 aromatic heterocycles. The Morgan fingerprint density at radius 1 is 0.585 bits per heavy atom. The van der Waals surface area contributed by atoms with Crippen LogP contribution in [0.25, 0.3) is 0 Å². The number of aromatic hydroxyl groups is 1. The normalized spacial score (nSPS) is 21.4. The molecule has 0 spiro atoms. The fourth-order valence-corrected chi connectivity index (χ4v) is 6.53. The van der Waals surface area contributed by atoms with Crippen LogP contribution in [0.4, 0.5) is 0 Å². The van der Waals surface area contributed by atoms with Crippen molar-refractivity contribution in [3.63, 3.8) is 0 Å². The van der Waals surface area contributed by atoms with Crippen molar-refractivity contribution in [2.45, 2.75) is 109 Å². The Morgan fingerprint density at radius 2 is 1.07 bits per heavy atom. The molecule has 3 aromatic carbocycles. The molecule has 3 nitrogen and oxygen atoms in total. The third kappa shape index (κ3) is 10.7. The number of ether oxygens (including phenoxy) is 1. The van der Waals surface area contributed by atoms with Crippen LogP contribution >= 0.6 is 0 Å².